The molecule has 1 aromatic carbocycles. The second-order valence-corrected chi connectivity index (χ2v) is 3.93. The van der Waals surface area contributed by atoms with Crippen LogP contribution in [0.5, 0.6) is 0 Å². The third kappa shape index (κ3) is 4.09. The smallest absolute Gasteiger partial charge is 0.337 e. The molecule has 1 aromatic rings. The van der Waals surface area contributed by atoms with Crippen molar-refractivity contribution in [1.29, 1.82) is 0 Å². The number of nitrogens with one attached hydrogen (secondary N) is 1. The first kappa shape index (κ1) is 14.7. The fourth-order valence-corrected chi connectivity index (χ4v) is 1.53. The highest BCUT2D eigenvalue weighted by Crippen LogP contribution is 2.20. The summed E-state index contributed by atoms with van der Waals surface area (Å²) in [7, 11) is 1.24. The zero-order valence-electron chi connectivity index (χ0n) is 10.7. The van der Waals surface area contributed by atoms with Gasteiger partial charge in [0, 0.05) is 6.42 Å². The average Bonchev–Trinajstić information content (AvgIpc) is 2.38. The summed E-state index contributed by atoms with van der Waals surface area (Å²) in [5.74, 6) is -2.03. The molecule has 0 unspecified atom stereocenters. The van der Waals surface area contributed by atoms with Crippen LogP contribution in [0.2, 0.25) is 0 Å². The van der Waals surface area contributed by atoms with Crippen LogP contribution in [0.4, 0.5) is 5.69 Å². The van der Waals surface area contributed by atoms with Gasteiger partial charge in [-0.2, -0.15) is 0 Å². The van der Waals surface area contributed by atoms with Crippen molar-refractivity contribution in [3.05, 3.63) is 29.3 Å². The monoisotopic (exact) mass is 265 g/mol. The van der Waals surface area contributed by atoms with Crippen LogP contribution in [0.15, 0.2) is 18.2 Å². The van der Waals surface area contributed by atoms with E-state index in [9.17, 15) is 14.4 Å². The summed E-state index contributed by atoms with van der Waals surface area (Å²) in [5.41, 5.74) is 0.919. The maximum Gasteiger partial charge on any atom is 0.337 e. The molecule has 1 rings (SSSR count). The van der Waals surface area contributed by atoms with Crippen molar-refractivity contribution < 1.29 is 24.2 Å². The molecule has 0 radical (unpaired) electrons. The van der Waals surface area contributed by atoms with Gasteiger partial charge in [0.2, 0.25) is 5.91 Å². The first-order valence-corrected chi connectivity index (χ1v) is 5.65. The lowest BCUT2D eigenvalue weighted by Gasteiger charge is -2.11. The molecule has 0 fully saturated rings. The molecule has 0 atom stereocenters. The fraction of sp³-hybridized carbons (Fsp3) is 0.308. The highest BCUT2D eigenvalue weighted by Gasteiger charge is 2.15. The number of carboxylic acid groups (broad SMARTS) is 1. The molecule has 0 spiro atoms. The predicted molar refractivity (Wildman–Crippen MR) is 68.0 cm³/mol. The number of methoxy groups -OCH3 is 1. The maximum absolute atomic E-state index is 11.6. The van der Waals surface area contributed by atoms with Gasteiger partial charge in [-0.25, -0.2) is 4.79 Å². The molecule has 2 N–H and O–H groups in total. The number of ether oxygens (including phenoxy) is 1. The molecule has 0 aromatic heterocycles. The van der Waals surface area contributed by atoms with Gasteiger partial charge in [0.05, 0.1) is 24.8 Å². The number of aryl methyl sites for hydroxylation is 1. The minimum atomic E-state index is -1.12. The van der Waals surface area contributed by atoms with E-state index in [1.165, 1.54) is 13.2 Å². The number of carbonyl (C=O) groups is 3. The van der Waals surface area contributed by atoms with E-state index in [4.69, 9.17) is 5.11 Å². The highest BCUT2D eigenvalue weighted by molar-refractivity contribution is 6.01. The van der Waals surface area contributed by atoms with Crippen LogP contribution in [0, 0.1) is 6.92 Å². The van der Waals surface area contributed by atoms with Crippen molar-refractivity contribution in [3.63, 3.8) is 0 Å². The largest absolute Gasteiger partial charge is 0.478 e. The number of carboxylic acids is 1. The van der Waals surface area contributed by atoms with Crippen molar-refractivity contribution in [1.82, 2.24) is 0 Å². The van der Waals surface area contributed by atoms with Gasteiger partial charge in [-0.1, -0.05) is 12.1 Å². The molecular formula is C13H15NO5. The van der Waals surface area contributed by atoms with Crippen molar-refractivity contribution >= 4 is 23.5 Å². The van der Waals surface area contributed by atoms with Crippen molar-refractivity contribution in [3.8, 4) is 0 Å². The average molecular weight is 265 g/mol. The number of esters is 1. The second kappa shape index (κ2) is 6.53. The van der Waals surface area contributed by atoms with Crippen molar-refractivity contribution in [2.45, 2.75) is 19.8 Å². The van der Waals surface area contributed by atoms with Gasteiger partial charge >= 0.3 is 11.9 Å². The van der Waals surface area contributed by atoms with Crippen LogP contribution in [-0.2, 0) is 14.3 Å². The predicted octanol–water partition coefficient (Wildman–Crippen LogP) is 1.58. The first-order valence-electron chi connectivity index (χ1n) is 5.65. The Labute approximate surface area is 110 Å². The Hall–Kier alpha value is -2.37. The molecule has 6 heteroatoms. The minimum Gasteiger partial charge on any atom is -0.478 e. The molecule has 0 heterocycles. The lowest BCUT2D eigenvalue weighted by atomic mass is 10.1. The third-order valence-corrected chi connectivity index (χ3v) is 2.55. The molecule has 0 saturated heterocycles. The molecule has 0 aliphatic rings. The minimum absolute atomic E-state index is 0.0198. The molecule has 19 heavy (non-hydrogen) atoms. The molecule has 102 valence electrons. The Bertz CT molecular complexity index is 510. The van der Waals surface area contributed by atoms with Crippen LogP contribution in [0.25, 0.3) is 0 Å². The Morgan fingerprint density at radius 1 is 1.26 bits per heavy atom. The number of para-hydroxylation sites is 1. The Morgan fingerprint density at radius 3 is 2.53 bits per heavy atom. The number of carbonyl (C=O) groups excluding carboxylic acids is 2. The van der Waals surface area contributed by atoms with Gasteiger partial charge in [-0.05, 0) is 18.6 Å². The number of anilines is 1. The van der Waals surface area contributed by atoms with E-state index in [1.54, 1.807) is 19.1 Å². The lowest BCUT2D eigenvalue weighted by molar-refractivity contribution is -0.141. The Kier molecular flexibility index (Phi) is 5.05. The van der Waals surface area contributed by atoms with Gasteiger partial charge < -0.3 is 15.2 Å². The van der Waals surface area contributed by atoms with E-state index in [1.807, 2.05) is 0 Å². The van der Waals surface area contributed by atoms with E-state index < -0.39 is 17.8 Å². The Balaban J connectivity index is 2.79. The van der Waals surface area contributed by atoms with Crippen molar-refractivity contribution in [2.75, 3.05) is 12.4 Å². The summed E-state index contributed by atoms with van der Waals surface area (Å²) in [4.78, 5) is 33.6. The molecule has 1 amide bonds. The second-order valence-electron chi connectivity index (χ2n) is 3.93. The number of aromatic carboxylic acids is 1. The number of rotatable bonds is 5. The summed E-state index contributed by atoms with van der Waals surface area (Å²) < 4.78 is 4.42. The van der Waals surface area contributed by atoms with Gasteiger partial charge in [0.25, 0.3) is 0 Å². The first-order chi connectivity index (χ1) is 8.95. The zero-order valence-corrected chi connectivity index (χ0v) is 10.7. The SMILES string of the molecule is COC(=O)CCC(=O)Nc1c(C)cccc1C(=O)O. The summed E-state index contributed by atoms with van der Waals surface area (Å²) in [5, 5.41) is 11.5. The van der Waals surface area contributed by atoms with E-state index in [-0.39, 0.29) is 24.1 Å². The summed E-state index contributed by atoms with van der Waals surface area (Å²) >= 11 is 0. The van der Waals surface area contributed by atoms with Crippen LogP contribution >= 0.6 is 0 Å². The summed E-state index contributed by atoms with van der Waals surface area (Å²) in [6.45, 7) is 1.70. The summed E-state index contributed by atoms with van der Waals surface area (Å²) in [6.07, 6.45) is -0.101. The van der Waals surface area contributed by atoms with Gasteiger partial charge in [-0.15, -0.1) is 0 Å². The van der Waals surface area contributed by atoms with Gasteiger partial charge in [0.15, 0.2) is 0 Å². The summed E-state index contributed by atoms with van der Waals surface area (Å²) in [6, 6.07) is 4.70. The molecule has 0 bridgehead atoms. The van der Waals surface area contributed by atoms with E-state index >= 15 is 0 Å². The molecule has 0 saturated carbocycles. The van der Waals surface area contributed by atoms with Gasteiger partial charge in [-0.3, -0.25) is 9.59 Å². The van der Waals surface area contributed by atoms with Crippen molar-refractivity contribution in [2.24, 2.45) is 0 Å². The number of hydrogen-bond acceptors (Lipinski definition) is 4. The fourth-order valence-electron chi connectivity index (χ4n) is 1.53. The molecular weight excluding hydrogens is 250 g/mol. The number of amides is 1. The van der Waals surface area contributed by atoms with E-state index in [0.29, 0.717) is 5.56 Å². The normalized spacial score (nSPS) is 9.79. The van der Waals surface area contributed by atoms with Crippen LogP contribution < -0.4 is 5.32 Å². The highest BCUT2D eigenvalue weighted by atomic mass is 16.5. The number of hydrogen-bond donors (Lipinski definition) is 2. The quantitative estimate of drug-likeness (QED) is 0.788. The van der Waals surface area contributed by atoms with Crippen LogP contribution in [-0.4, -0.2) is 30.1 Å². The Morgan fingerprint density at radius 2 is 1.95 bits per heavy atom. The van der Waals surface area contributed by atoms with Crippen LogP contribution in [0.1, 0.15) is 28.8 Å². The topological polar surface area (TPSA) is 92.7 Å². The third-order valence-electron chi connectivity index (χ3n) is 2.55. The van der Waals surface area contributed by atoms with Gasteiger partial charge in [0.1, 0.15) is 0 Å². The zero-order chi connectivity index (χ0) is 14.4. The molecule has 6 nitrogen and oxygen atoms in total. The number of benzene rings is 1. The maximum atomic E-state index is 11.6. The van der Waals surface area contributed by atoms with E-state index in [2.05, 4.69) is 10.1 Å². The standard InChI is InChI=1S/C13H15NO5/c1-8-4-3-5-9(13(17)18)12(8)14-10(15)6-7-11(16)19-2/h3-5H,6-7H2,1-2H3,(H,14,15)(H,17,18). The molecule has 0 aliphatic heterocycles. The lowest BCUT2D eigenvalue weighted by Crippen LogP contribution is -2.17. The van der Waals surface area contributed by atoms with E-state index in [0.717, 1.165) is 0 Å². The molecule has 0 aliphatic carbocycles. The van der Waals surface area contributed by atoms with Crippen LogP contribution in [0.3, 0.4) is 0 Å².